The highest BCUT2D eigenvalue weighted by molar-refractivity contribution is 6.30. The van der Waals surface area contributed by atoms with Gasteiger partial charge in [-0.3, -0.25) is 4.79 Å². The van der Waals surface area contributed by atoms with Crippen LogP contribution in [0.5, 0.6) is 5.75 Å². The second-order valence-corrected chi connectivity index (χ2v) is 7.30. The third-order valence-corrected chi connectivity index (χ3v) is 4.59. The summed E-state index contributed by atoms with van der Waals surface area (Å²) in [6.07, 6.45) is 1.71. The lowest BCUT2D eigenvalue weighted by atomic mass is 10.1. The maximum Gasteiger partial charge on any atom is 0.266 e. The quantitative estimate of drug-likeness (QED) is 0.825. The van der Waals surface area contributed by atoms with Crippen LogP contribution in [-0.2, 0) is 4.79 Å². The lowest BCUT2D eigenvalue weighted by Crippen LogP contribution is -2.48. The first-order chi connectivity index (χ1) is 11.8. The molecule has 1 fully saturated rings. The van der Waals surface area contributed by atoms with Gasteiger partial charge in [0.15, 0.2) is 11.4 Å². The van der Waals surface area contributed by atoms with Crippen LogP contribution in [-0.4, -0.2) is 33.1 Å². The molecule has 25 heavy (non-hydrogen) atoms. The Morgan fingerprint density at radius 2 is 2.16 bits per heavy atom. The topological polar surface area (TPSA) is 68.5 Å². The van der Waals surface area contributed by atoms with Crippen LogP contribution < -0.4 is 4.74 Å². The van der Waals surface area contributed by atoms with E-state index in [2.05, 4.69) is 10.1 Å². The third kappa shape index (κ3) is 3.63. The van der Waals surface area contributed by atoms with Crippen LogP contribution in [0.3, 0.4) is 0 Å². The van der Waals surface area contributed by atoms with Crippen LogP contribution in [0.15, 0.2) is 22.7 Å². The number of carbonyl (C=O) groups is 1. The van der Waals surface area contributed by atoms with Gasteiger partial charge in [0.2, 0.25) is 5.89 Å². The van der Waals surface area contributed by atoms with Crippen molar-refractivity contribution < 1.29 is 14.1 Å². The average Bonchev–Trinajstić information content (AvgIpc) is 3.17. The van der Waals surface area contributed by atoms with Crippen molar-refractivity contribution in [2.45, 2.75) is 52.2 Å². The number of hydrogen-bond acceptors (Lipinski definition) is 5. The van der Waals surface area contributed by atoms with Crippen molar-refractivity contribution in [1.29, 1.82) is 0 Å². The van der Waals surface area contributed by atoms with E-state index in [1.165, 1.54) is 0 Å². The highest BCUT2D eigenvalue weighted by atomic mass is 35.5. The molecule has 0 unspecified atom stereocenters. The molecule has 1 aromatic heterocycles. The molecule has 1 atom stereocenters. The van der Waals surface area contributed by atoms with Crippen molar-refractivity contribution in [2.24, 2.45) is 0 Å². The number of rotatable bonds is 4. The summed E-state index contributed by atoms with van der Waals surface area (Å²) in [5, 5.41) is 4.48. The Balaban J connectivity index is 1.80. The molecule has 7 heteroatoms. The highest BCUT2D eigenvalue weighted by Gasteiger charge is 2.42. The first-order valence-electron chi connectivity index (χ1n) is 8.34. The number of likely N-dealkylation sites (tertiary alicyclic amines) is 1. The molecule has 1 aliphatic rings. The van der Waals surface area contributed by atoms with Crippen molar-refractivity contribution in [3.8, 4) is 5.75 Å². The molecule has 1 aliphatic heterocycles. The van der Waals surface area contributed by atoms with Gasteiger partial charge in [-0.1, -0.05) is 16.8 Å². The summed E-state index contributed by atoms with van der Waals surface area (Å²) in [4.78, 5) is 19.2. The summed E-state index contributed by atoms with van der Waals surface area (Å²) in [5.41, 5.74) is -0.130. The summed E-state index contributed by atoms with van der Waals surface area (Å²) in [7, 11) is 0. The predicted octanol–water partition coefficient (Wildman–Crippen LogP) is 3.86. The third-order valence-electron chi connectivity index (χ3n) is 4.36. The van der Waals surface area contributed by atoms with Gasteiger partial charge in [-0.25, -0.2) is 0 Å². The number of halogens is 1. The van der Waals surface area contributed by atoms with E-state index in [1.807, 2.05) is 13.0 Å². The van der Waals surface area contributed by atoms with Crippen molar-refractivity contribution in [2.75, 3.05) is 6.54 Å². The largest absolute Gasteiger partial charge is 0.478 e. The van der Waals surface area contributed by atoms with Gasteiger partial charge in [-0.2, -0.15) is 4.98 Å². The van der Waals surface area contributed by atoms with Crippen LogP contribution in [0, 0.1) is 13.8 Å². The molecule has 0 bridgehead atoms. The Labute approximate surface area is 152 Å². The van der Waals surface area contributed by atoms with E-state index in [0.29, 0.717) is 29.0 Å². The van der Waals surface area contributed by atoms with E-state index in [9.17, 15) is 4.79 Å². The Bertz CT molecular complexity index is 788. The Hall–Kier alpha value is -2.08. The molecular formula is C18H22ClN3O3. The van der Waals surface area contributed by atoms with Gasteiger partial charge in [-0.05, 0) is 64.3 Å². The van der Waals surface area contributed by atoms with Crippen molar-refractivity contribution in [1.82, 2.24) is 15.0 Å². The summed E-state index contributed by atoms with van der Waals surface area (Å²) in [5.74, 6) is 1.61. The first kappa shape index (κ1) is 17.7. The molecule has 1 saturated heterocycles. The van der Waals surface area contributed by atoms with Crippen molar-refractivity contribution in [3.05, 3.63) is 40.5 Å². The number of benzene rings is 1. The number of aryl methyl sites for hydroxylation is 2. The lowest BCUT2D eigenvalue weighted by Gasteiger charge is -2.32. The smallest absolute Gasteiger partial charge is 0.266 e. The van der Waals surface area contributed by atoms with Crippen molar-refractivity contribution >= 4 is 17.5 Å². The molecule has 0 saturated carbocycles. The van der Waals surface area contributed by atoms with E-state index in [-0.39, 0.29) is 11.9 Å². The summed E-state index contributed by atoms with van der Waals surface area (Å²) in [6, 6.07) is 5.17. The molecule has 1 amide bonds. The Morgan fingerprint density at radius 3 is 2.80 bits per heavy atom. The number of hydrogen-bond donors (Lipinski definition) is 0. The molecule has 3 rings (SSSR count). The highest BCUT2D eigenvalue weighted by Crippen LogP contribution is 2.34. The number of aromatic nitrogens is 2. The molecule has 0 radical (unpaired) electrons. The zero-order valence-corrected chi connectivity index (χ0v) is 15.6. The molecule has 1 aromatic carbocycles. The zero-order chi connectivity index (χ0) is 18.2. The van der Waals surface area contributed by atoms with E-state index < -0.39 is 5.60 Å². The van der Waals surface area contributed by atoms with Crippen LogP contribution in [0.4, 0.5) is 0 Å². The summed E-state index contributed by atoms with van der Waals surface area (Å²) < 4.78 is 11.3. The van der Waals surface area contributed by atoms with Gasteiger partial charge >= 0.3 is 0 Å². The standard InChI is InChI=1S/C18H22ClN3O3/c1-11-10-13(19)7-8-15(11)24-18(3,4)17(23)22-9-5-6-14(22)16-20-12(2)21-25-16/h7-8,10,14H,5-6,9H2,1-4H3/t14-/m0/s1. The van der Waals surface area contributed by atoms with Gasteiger partial charge in [0.25, 0.3) is 5.91 Å². The molecule has 134 valence electrons. The fourth-order valence-corrected chi connectivity index (χ4v) is 3.33. The minimum Gasteiger partial charge on any atom is -0.478 e. The number of ether oxygens (including phenoxy) is 1. The summed E-state index contributed by atoms with van der Waals surface area (Å²) in [6.45, 7) is 7.87. The molecule has 2 heterocycles. The van der Waals surface area contributed by atoms with E-state index in [4.69, 9.17) is 20.9 Å². The van der Waals surface area contributed by atoms with E-state index in [0.717, 1.165) is 18.4 Å². The Morgan fingerprint density at radius 1 is 1.40 bits per heavy atom. The number of nitrogens with zero attached hydrogens (tertiary/aromatic N) is 3. The second kappa shape index (κ2) is 6.67. The van der Waals surface area contributed by atoms with Gasteiger partial charge in [0.1, 0.15) is 11.8 Å². The minimum atomic E-state index is -1.02. The lowest BCUT2D eigenvalue weighted by molar-refractivity contribution is -0.147. The van der Waals surface area contributed by atoms with E-state index >= 15 is 0 Å². The normalized spacial score (nSPS) is 17.8. The number of amides is 1. The molecule has 0 aliphatic carbocycles. The van der Waals surface area contributed by atoms with Gasteiger partial charge in [0.05, 0.1) is 0 Å². The zero-order valence-electron chi connectivity index (χ0n) is 14.9. The van der Waals surface area contributed by atoms with Crippen LogP contribution >= 0.6 is 11.6 Å². The Kier molecular flexibility index (Phi) is 4.73. The van der Waals surface area contributed by atoms with E-state index in [1.54, 1.807) is 37.8 Å². The number of carbonyl (C=O) groups excluding carboxylic acids is 1. The average molecular weight is 364 g/mol. The predicted molar refractivity (Wildman–Crippen MR) is 93.6 cm³/mol. The maximum absolute atomic E-state index is 13.1. The fraction of sp³-hybridized carbons (Fsp3) is 0.500. The molecule has 6 nitrogen and oxygen atoms in total. The molecule has 2 aromatic rings. The summed E-state index contributed by atoms with van der Waals surface area (Å²) >= 11 is 5.99. The second-order valence-electron chi connectivity index (χ2n) is 6.86. The van der Waals surface area contributed by atoms with Crippen molar-refractivity contribution in [3.63, 3.8) is 0 Å². The SMILES string of the molecule is Cc1noc([C@@H]2CCCN2C(=O)C(C)(C)Oc2ccc(Cl)cc2C)n1. The van der Waals surface area contributed by atoms with Crippen LogP contribution in [0.1, 0.15) is 50.0 Å². The van der Waals surface area contributed by atoms with Gasteiger partial charge < -0.3 is 14.2 Å². The maximum atomic E-state index is 13.1. The van der Waals surface area contributed by atoms with Crippen LogP contribution in [0.25, 0.3) is 0 Å². The van der Waals surface area contributed by atoms with Gasteiger partial charge in [-0.15, -0.1) is 0 Å². The van der Waals surface area contributed by atoms with Gasteiger partial charge in [0, 0.05) is 11.6 Å². The molecular weight excluding hydrogens is 342 g/mol. The minimum absolute atomic E-state index is 0.0970. The fourth-order valence-electron chi connectivity index (χ4n) is 3.11. The first-order valence-corrected chi connectivity index (χ1v) is 8.72. The monoisotopic (exact) mass is 363 g/mol. The molecule has 0 spiro atoms. The molecule has 0 N–H and O–H groups in total. The van der Waals surface area contributed by atoms with Crippen LogP contribution in [0.2, 0.25) is 5.02 Å².